The SMILES string of the molecule is CC(C)OC(=O)CNCc1ccncn1. The number of esters is 1. The zero-order valence-electron chi connectivity index (χ0n) is 8.93. The third-order valence-corrected chi connectivity index (χ3v) is 1.59. The van der Waals surface area contributed by atoms with Crippen molar-refractivity contribution < 1.29 is 9.53 Å². The van der Waals surface area contributed by atoms with Crippen LogP contribution in [0.3, 0.4) is 0 Å². The lowest BCUT2D eigenvalue weighted by Crippen LogP contribution is -2.26. The van der Waals surface area contributed by atoms with E-state index in [0.717, 1.165) is 5.69 Å². The van der Waals surface area contributed by atoms with Crippen LogP contribution in [0, 0.1) is 0 Å². The molecule has 1 aromatic rings. The van der Waals surface area contributed by atoms with Crippen LogP contribution in [0.15, 0.2) is 18.6 Å². The molecule has 0 amide bonds. The average Bonchev–Trinajstić information content (AvgIpc) is 2.18. The van der Waals surface area contributed by atoms with Crippen molar-refractivity contribution in [3.63, 3.8) is 0 Å². The van der Waals surface area contributed by atoms with E-state index < -0.39 is 0 Å². The Morgan fingerprint density at radius 1 is 1.60 bits per heavy atom. The van der Waals surface area contributed by atoms with Crippen LogP contribution in [-0.2, 0) is 16.1 Å². The molecule has 0 radical (unpaired) electrons. The molecule has 0 aliphatic rings. The van der Waals surface area contributed by atoms with Crippen molar-refractivity contribution in [2.24, 2.45) is 0 Å². The van der Waals surface area contributed by atoms with Crippen LogP contribution in [0.25, 0.3) is 0 Å². The molecule has 0 bridgehead atoms. The highest BCUT2D eigenvalue weighted by Crippen LogP contribution is 1.91. The number of carbonyl (C=O) groups excluding carboxylic acids is 1. The number of nitrogens with one attached hydrogen (secondary N) is 1. The Bertz CT molecular complexity index is 301. The summed E-state index contributed by atoms with van der Waals surface area (Å²) >= 11 is 0. The summed E-state index contributed by atoms with van der Waals surface area (Å²) in [7, 11) is 0. The third kappa shape index (κ3) is 5.07. The first-order valence-electron chi connectivity index (χ1n) is 4.83. The van der Waals surface area contributed by atoms with Crippen LogP contribution in [0.5, 0.6) is 0 Å². The second-order valence-corrected chi connectivity index (χ2v) is 3.34. The molecule has 0 aromatic carbocycles. The second-order valence-electron chi connectivity index (χ2n) is 3.34. The average molecular weight is 209 g/mol. The largest absolute Gasteiger partial charge is 0.462 e. The van der Waals surface area contributed by atoms with Crippen LogP contribution in [0.4, 0.5) is 0 Å². The van der Waals surface area contributed by atoms with Gasteiger partial charge in [-0.1, -0.05) is 0 Å². The van der Waals surface area contributed by atoms with E-state index in [4.69, 9.17) is 4.74 Å². The minimum Gasteiger partial charge on any atom is -0.462 e. The smallest absolute Gasteiger partial charge is 0.320 e. The summed E-state index contributed by atoms with van der Waals surface area (Å²) in [6, 6.07) is 1.79. The highest BCUT2D eigenvalue weighted by atomic mass is 16.5. The van der Waals surface area contributed by atoms with Gasteiger partial charge in [0.1, 0.15) is 6.33 Å². The maximum Gasteiger partial charge on any atom is 0.320 e. The van der Waals surface area contributed by atoms with Crippen molar-refractivity contribution in [3.05, 3.63) is 24.3 Å². The predicted molar refractivity (Wildman–Crippen MR) is 55.0 cm³/mol. The monoisotopic (exact) mass is 209 g/mol. The normalized spacial score (nSPS) is 10.3. The molecule has 1 aromatic heterocycles. The van der Waals surface area contributed by atoms with E-state index in [-0.39, 0.29) is 18.6 Å². The molecule has 0 saturated carbocycles. The maximum atomic E-state index is 11.1. The van der Waals surface area contributed by atoms with E-state index in [1.54, 1.807) is 12.3 Å². The van der Waals surface area contributed by atoms with Gasteiger partial charge in [0.25, 0.3) is 0 Å². The van der Waals surface area contributed by atoms with Crippen LogP contribution >= 0.6 is 0 Å². The molecule has 0 fully saturated rings. The Hall–Kier alpha value is -1.49. The van der Waals surface area contributed by atoms with E-state index in [2.05, 4.69) is 15.3 Å². The summed E-state index contributed by atoms with van der Waals surface area (Å²) in [5.74, 6) is -0.251. The van der Waals surface area contributed by atoms with Gasteiger partial charge in [0.15, 0.2) is 0 Å². The Labute approximate surface area is 88.9 Å². The molecular weight excluding hydrogens is 194 g/mol. The molecule has 1 heterocycles. The fourth-order valence-corrected chi connectivity index (χ4v) is 1.02. The Kier molecular flexibility index (Phi) is 4.70. The van der Waals surface area contributed by atoms with Gasteiger partial charge in [-0.05, 0) is 19.9 Å². The van der Waals surface area contributed by atoms with Crippen molar-refractivity contribution in [3.8, 4) is 0 Å². The lowest BCUT2D eigenvalue weighted by Gasteiger charge is -2.08. The van der Waals surface area contributed by atoms with Crippen LogP contribution < -0.4 is 5.32 Å². The Morgan fingerprint density at radius 2 is 2.40 bits per heavy atom. The van der Waals surface area contributed by atoms with Gasteiger partial charge in [0.2, 0.25) is 0 Å². The molecule has 0 spiro atoms. The first-order chi connectivity index (χ1) is 7.18. The zero-order valence-corrected chi connectivity index (χ0v) is 8.93. The van der Waals surface area contributed by atoms with Gasteiger partial charge >= 0.3 is 5.97 Å². The zero-order chi connectivity index (χ0) is 11.1. The number of rotatable bonds is 5. The fourth-order valence-electron chi connectivity index (χ4n) is 1.02. The lowest BCUT2D eigenvalue weighted by molar-refractivity contribution is -0.146. The Balaban J connectivity index is 2.19. The van der Waals surface area contributed by atoms with Crippen LogP contribution in [0.1, 0.15) is 19.5 Å². The van der Waals surface area contributed by atoms with Crippen molar-refractivity contribution in [1.29, 1.82) is 0 Å². The number of hydrogen-bond acceptors (Lipinski definition) is 5. The number of nitrogens with zero attached hydrogens (tertiary/aromatic N) is 2. The quantitative estimate of drug-likeness (QED) is 0.716. The number of carbonyl (C=O) groups is 1. The summed E-state index contributed by atoms with van der Waals surface area (Å²) in [6.45, 7) is 4.38. The van der Waals surface area contributed by atoms with Crippen LogP contribution in [0.2, 0.25) is 0 Å². The summed E-state index contributed by atoms with van der Waals surface area (Å²) < 4.78 is 4.95. The maximum absolute atomic E-state index is 11.1. The molecule has 1 N–H and O–H groups in total. The Morgan fingerprint density at radius 3 is 3.00 bits per heavy atom. The van der Waals surface area contributed by atoms with Crippen molar-refractivity contribution in [2.75, 3.05) is 6.54 Å². The van der Waals surface area contributed by atoms with Gasteiger partial charge in [-0.3, -0.25) is 4.79 Å². The molecule has 0 aliphatic carbocycles. The topological polar surface area (TPSA) is 64.1 Å². The summed E-state index contributed by atoms with van der Waals surface area (Å²) in [5.41, 5.74) is 0.849. The first-order valence-corrected chi connectivity index (χ1v) is 4.83. The molecule has 15 heavy (non-hydrogen) atoms. The molecule has 0 unspecified atom stereocenters. The molecule has 82 valence electrons. The van der Waals surface area contributed by atoms with Crippen molar-refractivity contribution in [2.45, 2.75) is 26.5 Å². The van der Waals surface area contributed by atoms with Gasteiger partial charge < -0.3 is 10.1 Å². The van der Waals surface area contributed by atoms with E-state index in [1.165, 1.54) is 6.33 Å². The van der Waals surface area contributed by atoms with Crippen molar-refractivity contribution in [1.82, 2.24) is 15.3 Å². The standard InChI is InChI=1S/C10H15N3O2/c1-8(2)15-10(14)6-12-5-9-3-4-11-7-13-9/h3-4,7-8,12H,5-6H2,1-2H3. The molecule has 0 aliphatic heterocycles. The minimum absolute atomic E-state index is 0.0710. The lowest BCUT2D eigenvalue weighted by atomic mass is 10.4. The molecule has 0 atom stereocenters. The van der Waals surface area contributed by atoms with E-state index in [0.29, 0.717) is 6.54 Å². The number of ether oxygens (including phenoxy) is 1. The number of hydrogen-bond donors (Lipinski definition) is 1. The first kappa shape index (κ1) is 11.6. The van der Waals surface area contributed by atoms with Crippen LogP contribution in [-0.4, -0.2) is 28.6 Å². The summed E-state index contributed by atoms with van der Waals surface area (Å²) in [6.07, 6.45) is 3.07. The molecule has 1 rings (SSSR count). The predicted octanol–water partition coefficient (Wildman–Crippen LogP) is 0.518. The molecule has 0 saturated heterocycles. The minimum atomic E-state index is -0.251. The molecule has 5 heteroatoms. The van der Waals surface area contributed by atoms with Gasteiger partial charge in [0, 0.05) is 12.7 Å². The van der Waals surface area contributed by atoms with Gasteiger partial charge in [-0.15, -0.1) is 0 Å². The summed E-state index contributed by atoms with van der Waals surface area (Å²) in [5, 5.41) is 2.94. The van der Waals surface area contributed by atoms with Crippen molar-refractivity contribution >= 4 is 5.97 Å². The van der Waals surface area contributed by atoms with E-state index in [9.17, 15) is 4.79 Å². The second kappa shape index (κ2) is 6.08. The molecular formula is C10H15N3O2. The fraction of sp³-hybridized carbons (Fsp3) is 0.500. The third-order valence-electron chi connectivity index (χ3n) is 1.59. The number of aromatic nitrogens is 2. The van der Waals surface area contributed by atoms with Gasteiger partial charge in [-0.25, -0.2) is 9.97 Å². The van der Waals surface area contributed by atoms with E-state index >= 15 is 0 Å². The van der Waals surface area contributed by atoms with Gasteiger partial charge in [0.05, 0.1) is 18.3 Å². The summed E-state index contributed by atoms with van der Waals surface area (Å²) in [4.78, 5) is 18.9. The molecule has 5 nitrogen and oxygen atoms in total. The highest BCUT2D eigenvalue weighted by molar-refractivity contribution is 5.71. The van der Waals surface area contributed by atoms with Gasteiger partial charge in [-0.2, -0.15) is 0 Å². The highest BCUT2D eigenvalue weighted by Gasteiger charge is 2.04. The van der Waals surface area contributed by atoms with E-state index in [1.807, 2.05) is 13.8 Å².